The van der Waals surface area contributed by atoms with Crippen molar-refractivity contribution in [3.63, 3.8) is 0 Å². The van der Waals surface area contributed by atoms with Crippen LogP contribution in [0.1, 0.15) is 31.4 Å². The lowest BCUT2D eigenvalue weighted by Gasteiger charge is -2.35. The van der Waals surface area contributed by atoms with Gasteiger partial charge in [-0.05, 0) is 31.4 Å². The normalized spacial score (nSPS) is 16.8. The number of hydrogen-bond donors (Lipinski definition) is 1. The second-order valence-electron chi connectivity index (χ2n) is 6.73. The third-order valence-electron chi connectivity index (χ3n) is 4.83. The van der Waals surface area contributed by atoms with Crippen LogP contribution in [-0.4, -0.2) is 54.3 Å². The Morgan fingerprint density at radius 3 is 2.25 bits per heavy atom. The molecule has 2 rings (SSSR count). The number of amides is 2. The topological polar surface area (TPSA) is 52.7 Å². The first-order chi connectivity index (χ1) is 11.4. The van der Waals surface area contributed by atoms with Gasteiger partial charge in [0.25, 0.3) is 0 Å². The first-order valence-corrected chi connectivity index (χ1v) is 8.79. The van der Waals surface area contributed by atoms with Gasteiger partial charge in [0, 0.05) is 37.8 Å². The number of piperazine rings is 1. The zero-order chi connectivity index (χ0) is 17.7. The number of hydrogen-bond acceptors (Lipinski definition) is 3. The maximum atomic E-state index is 12.3. The molecule has 0 spiro atoms. The van der Waals surface area contributed by atoms with Crippen molar-refractivity contribution in [2.75, 3.05) is 38.0 Å². The summed E-state index contributed by atoms with van der Waals surface area (Å²) in [5, 5.41) is 3.03. The van der Waals surface area contributed by atoms with Crippen molar-refractivity contribution in [3.05, 3.63) is 29.3 Å². The van der Waals surface area contributed by atoms with E-state index >= 15 is 0 Å². The Bertz CT molecular complexity index is 572. The van der Waals surface area contributed by atoms with E-state index in [2.05, 4.69) is 10.2 Å². The summed E-state index contributed by atoms with van der Waals surface area (Å²) in [4.78, 5) is 28.6. The van der Waals surface area contributed by atoms with Crippen LogP contribution in [0, 0.1) is 19.8 Å². The Kier molecular flexibility index (Phi) is 6.37. The fourth-order valence-corrected chi connectivity index (χ4v) is 3.01. The summed E-state index contributed by atoms with van der Waals surface area (Å²) in [6.07, 6.45) is 0.872. The molecule has 1 aliphatic rings. The fraction of sp³-hybridized carbons (Fsp3) is 0.579. The van der Waals surface area contributed by atoms with Crippen LogP contribution in [0.3, 0.4) is 0 Å². The summed E-state index contributed by atoms with van der Waals surface area (Å²) in [5.74, 6) is 0.329. The monoisotopic (exact) mass is 331 g/mol. The Labute approximate surface area is 145 Å². The number of aryl methyl sites for hydroxylation is 2. The molecule has 1 heterocycles. The third kappa shape index (κ3) is 4.57. The van der Waals surface area contributed by atoms with Crippen molar-refractivity contribution in [2.45, 2.75) is 34.1 Å². The van der Waals surface area contributed by atoms with Crippen LogP contribution >= 0.6 is 0 Å². The van der Waals surface area contributed by atoms with E-state index < -0.39 is 0 Å². The quantitative estimate of drug-likeness (QED) is 0.901. The Hall–Kier alpha value is -1.88. The minimum absolute atomic E-state index is 0.00843. The van der Waals surface area contributed by atoms with Crippen LogP contribution in [0.2, 0.25) is 0 Å². The van der Waals surface area contributed by atoms with E-state index in [9.17, 15) is 9.59 Å². The highest BCUT2D eigenvalue weighted by Crippen LogP contribution is 2.19. The van der Waals surface area contributed by atoms with Gasteiger partial charge in [0.05, 0.1) is 6.54 Å². The molecule has 0 saturated carbocycles. The molecule has 0 bridgehead atoms. The first-order valence-electron chi connectivity index (χ1n) is 8.79. The predicted molar refractivity (Wildman–Crippen MR) is 97.0 cm³/mol. The van der Waals surface area contributed by atoms with E-state index in [0.717, 1.165) is 36.3 Å². The standard InChI is InChI=1S/C19H29N3O2/c1-5-14(2)19(24)22-11-9-21(10-12-22)13-17(23)20-18-15(3)7-6-8-16(18)4/h6-8,14H,5,9-13H2,1-4H3,(H,20,23)/t14-/m0/s1. The number of carbonyl (C=O) groups excluding carboxylic acids is 2. The first kappa shape index (κ1) is 18.5. The van der Waals surface area contributed by atoms with Crippen LogP contribution in [0.15, 0.2) is 18.2 Å². The van der Waals surface area contributed by atoms with Crippen molar-refractivity contribution in [1.29, 1.82) is 0 Å². The minimum Gasteiger partial charge on any atom is -0.340 e. The molecule has 5 heteroatoms. The van der Waals surface area contributed by atoms with Crippen LogP contribution < -0.4 is 5.32 Å². The van der Waals surface area contributed by atoms with Gasteiger partial charge in [-0.15, -0.1) is 0 Å². The number of nitrogens with one attached hydrogen (secondary N) is 1. The van der Waals surface area contributed by atoms with Crippen LogP contribution in [-0.2, 0) is 9.59 Å². The van der Waals surface area contributed by atoms with Gasteiger partial charge in [-0.2, -0.15) is 0 Å². The fourth-order valence-electron chi connectivity index (χ4n) is 3.01. The molecule has 132 valence electrons. The number of anilines is 1. The van der Waals surface area contributed by atoms with E-state index in [1.54, 1.807) is 0 Å². The van der Waals surface area contributed by atoms with Crippen molar-refractivity contribution in [3.8, 4) is 0 Å². The summed E-state index contributed by atoms with van der Waals surface area (Å²) < 4.78 is 0. The van der Waals surface area contributed by atoms with E-state index in [0.29, 0.717) is 19.6 Å². The van der Waals surface area contributed by atoms with Crippen LogP contribution in [0.5, 0.6) is 0 Å². The van der Waals surface area contributed by atoms with E-state index in [1.807, 2.05) is 50.8 Å². The van der Waals surface area contributed by atoms with Gasteiger partial charge in [-0.3, -0.25) is 14.5 Å². The SMILES string of the molecule is CC[C@H](C)C(=O)N1CCN(CC(=O)Nc2c(C)cccc2C)CC1. The molecule has 2 amide bonds. The van der Waals surface area contributed by atoms with Crippen LogP contribution in [0.4, 0.5) is 5.69 Å². The second-order valence-corrected chi connectivity index (χ2v) is 6.73. The second kappa shape index (κ2) is 8.29. The Morgan fingerprint density at radius 2 is 1.71 bits per heavy atom. The van der Waals surface area contributed by atoms with Crippen molar-refractivity contribution < 1.29 is 9.59 Å². The largest absolute Gasteiger partial charge is 0.340 e. The smallest absolute Gasteiger partial charge is 0.238 e. The molecule has 1 aromatic carbocycles. The lowest BCUT2D eigenvalue weighted by Crippen LogP contribution is -2.51. The molecule has 1 atom stereocenters. The van der Waals surface area contributed by atoms with Crippen molar-refractivity contribution in [1.82, 2.24) is 9.80 Å². The zero-order valence-electron chi connectivity index (χ0n) is 15.3. The molecule has 5 nitrogen and oxygen atoms in total. The molecule has 1 fully saturated rings. The molecule has 24 heavy (non-hydrogen) atoms. The van der Waals surface area contributed by atoms with E-state index in [4.69, 9.17) is 0 Å². The summed E-state index contributed by atoms with van der Waals surface area (Å²) in [6.45, 7) is 11.3. The third-order valence-corrected chi connectivity index (χ3v) is 4.83. The minimum atomic E-state index is 0.00843. The number of benzene rings is 1. The summed E-state index contributed by atoms with van der Waals surface area (Å²) in [7, 11) is 0. The molecule has 0 unspecified atom stereocenters. The molecular weight excluding hydrogens is 302 g/mol. The lowest BCUT2D eigenvalue weighted by molar-refractivity contribution is -0.137. The highest BCUT2D eigenvalue weighted by atomic mass is 16.2. The van der Waals surface area contributed by atoms with Gasteiger partial charge in [0.2, 0.25) is 11.8 Å². The van der Waals surface area contributed by atoms with E-state index in [1.165, 1.54) is 0 Å². The molecule has 1 N–H and O–H groups in total. The molecule has 1 aromatic rings. The molecule has 0 aromatic heterocycles. The summed E-state index contributed by atoms with van der Waals surface area (Å²) >= 11 is 0. The molecule has 0 radical (unpaired) electrons. The molecule has 0 aliphatic carbocycles. The van der Waals surface area contributed by atoms with Crippen molar-refractivity contribution >= 4 is 17.5 Å². The molecule has 1 aliphatic heterocycles. The molecule has 1 saturated heterocycles. The predicted octanol–water partition coefficient (Wildman–Crippen LogP) is 2.43. The van der Waals surface area contributed by atoms with Crippen molar-refractivity contribution in [2.24, 2.45) is 5.92 Å². The Morgan fingerprint density at radius 1 is 1.12 bits per heavy atom. The van der Waals surface area contributed by atoms with Gasteiger partial charge in [0.15, 0.2) is 0 Å². The maximum absolute atomic E-state index is 12.3. The highest BCUT2D eigenvalue weighted by Gasteiger charge is 2.24. The van der Waals surface area contributed by atoms with Gasteiger partial charge in [0.1, 0.15) is 0 Å². The number of nitrogens with zero attached hydrogens (tertiary/aromatic N) is 2. The van der Waals surface area contributed by atoms with Gasteiger partial charge in [-0.25, -0.2) is 0 Å². The highest BCUT2D eigenvalue weighted by molar-refractivity contribution is 5.93. The average Bonchev–Trinajstić information content (AvgIpc) is 2.57. The zero-order valence-corrected chi connectivity index (χ0v) is 15.3. The lowest BCUT2D eigenvalue weighted by atomic mass is 10.1. The summed E-state index contributed by atoms with van der Waals surface area (Å²) in [6, 6.07) is 6.00. The maximum Gasteiger partial charge on any atom is 0.238 e. The number of carbonyl (C=O) groups is 2. The Balaban J connectivity index is 1.83. The van der Waals surface area contributed by atoms with Gasteiger partial charge in [-0.1, -0.05) is 32.0 Å². The van der Waals surface area contributed by atoms with E-state index in [-0.39, 0.29) is 17.7 Å². The number of rotatable bonds is 5. The summed E-state index contributed by atoms with van der Waals surface area (Å²) in [5.41, 5.74) is 3.06. The molecular formula is C19H29N3O2. The van der Waals surface area contributed by atoms with Crippen LogP contribution in [0.25, 0.3) is 0 Å². The van der Waals surface area contributed by atoms with Gasteiger partial charge < -0.3 is 10.2 Å². The van der Waals surface area contributed by atoms with Gasteiger partial charge >= 0.3 is 0 Å². The average molecular weight is 331 g/mol. The number of para-hydroxylation sites is 1.